The lowest BCUT2D eigenvalue weighted by Crippen LogP contribution is -2.61. The Hall–Kier alpha value is -0.460. The highest BCUT2D eigenvalue weighted by atomic mass is 16.7. The van der Waals surface area contributed by atoms with Crippen molar-refractivity contribution >= 4 is 0 Å². The Bertz CT molecular complexity index is 207. The van der Waals surface area contributed by atoms with Crippen LogP contribution >= 0.6 is 0 Å². The van der Waals surface area contributed by atoms with Gasteiger partial charge in [-0.1, -0.05) is 6.08 Å². The molecule has 0 radical (unpaired) electrons. The molecule has 3 N–H and O–H groups in total. The maximum Gasteiger partial charge on any atom is 0.219 e. The van der Waals surface area contributed by atoms with E-state index in [1.54, 1.807) is 6.92 Å². The van der Waals surface area contributed by atoms with Crippen LogP contribution in [0, 0.1) is 0 Å². The Balaban J connectivity index is 2.64. The first-order valence-corrected chi connectivity index (χ1v) is 4.46. The fraction of sp³-hybridized carbons (Fsp3) is 0.778. The number of hydrogen-bond donors (Lipinski definition) is 3. The number of aliphatic hydroxyl groups is 3. The summed E-state index contributed by atoms with van der Waals surface area (Å²) in [6.07, 6.45) is -1.60. The van der Waals surface area contributed by atoms with Gasteiger partial charge in [-0.05, 0) is 6.92 Å². The minimum absolute atomic E-state index is 0.0814. The smallest absolute Gasteiger partial charge is 0.219 e. The summed E-state index contributed by atoms with van der Waals surface area (Å²) in [4.78, 5) is 0. The molecular weight excluding hydrogens is 188 g/mol. The molecule has 0 saturated carbocycles. The van der Waals surface area contributed by atoms with Crippen molar-refractivity contribution in [3.8, 4) is 0 Å². The molecular formula is C9H16O5. The second-order valence-corrected chi connectivity index (χ2v) is 3.40. The molecule has 14 heavy (non-hydrogen) atoms. The van der Waals surface area contributed by atoms with Gasteiger partial charge in [0.2, 0.25) is 5.79 Å². The van der Waals surface area contributed by atoms with Crippen molar-refractivity contribution in [2.45, 2.75) is 31.0 Å². The molecule has 0 bridgehead atoms. The predicted molar refractivity (Wildman–Crippen MR) is 48.5 cm³/mol. The molecule has 0 spiro atoms. The maximum absolute atomic E-state index is 9.75. The van der Waals surface area contributed by atoms with E-state index in [-0.39, 0.29) is 13.2 Å². The Morgan fingerprint density at radius 2 is 2.29 bits per heavy atom. The Kier molecular flexibility index (Phi) is 3.63. The summed E-state index contributed by atoms with van der Waals surface area (Å²) in [5, 5.41) is 28.7. The first-order valence-electron chi connectivity index (χ1n) is 4.46. The third kappa shape index (κ3) is 2.13. The van der Waals surface area contributed by atoms with Crippen LogP contribution in [0.2, 0.25) is 0 Å². The van der Waals surface area contributed by atoms with Gasteiger partial charge in [-0.2, -0.15) is 0 Å². The normalized spacial score (nSPS) is 43.6. The lowest BCUT2D eigenvalue weighted by Gasteiger charge is -2.41. The van der Waals surface area contributed by atoms with Crippen LogP contribution in [0.15, 0.2) is 12.7 Å². The van der Waals surface area contributed by atoms with Gasteiger partial charge >= 0.3 is 0 Å². The fourth-order valence-electron chi connectivity index (χ4n) is 1.29. The standard InChI is InChI=1S/C9H16O5/c1-3-4-14-9(12)5-13-6(2)7(10)8(9)11/h3,6-8,10-12H,1,4-5H2,2H3. The van der Waals surface area contributed by atoms with Gasteiger partial charge in [-0.15, -0.1) is 6.58 Å². The highest BCUT2D eigenvalue weighted by Gasteiger charge is 2.47. The van der Waals surface area contributed by atoms with E-state index in [2.05, 4.69) is 6.58 Å². The zero-order valence-corrected chi connectivity index (χ0v) is 8.09. The molecule has 1 aliphatic heterocycles. The van der Waals surface area contributed by atoms with Gasteiger partial charge in [0.05, 0.1) is 12.7 Å². The van der Waals surface area contributed by atoms with Gasteiger partial charge in [-0.25, -0.2) is 0 Å². The predicted octanol–water partition coefficient (Wildman–Crippen LogP) is -0.982. The van der Waals surface area contributed by atoms with Crippen molar-refractivity contribution in [3.63, 3.8) is 0 Å². The Morgan fingerprint density at radius 1 is 1.64 bits per heavy atom. The molecule has 1 rings (SSSR count). The molecule has 0 aromatic carbocycles. The van der Waals surface area contributed by atoms with Gasteiger partial charge < -0.3 is 24.8 Å². The average molecular weight is 204 g/mol. The first-order chi connectivity index (χ1) is 6.51. The first kappa shape index (κ1) is 11.6. The van der Waals surface area contributed by atoms with Gasteiger partial charge in [0.25, 0.3) is 0 Å². The fourth-order valence-corrected chi connectivity index (χ4v) is 1.29. The number of rotatable bonds is 3. The minimum atomic E-state index is -1.85. The number of aliphatic hydroxyl groups excluding tert-OH is 2. The molecule has 1 aliphatic rings. The van der Waals surface area contributed by atoms with Gasteiger partial charge in [0, 0.05) is 0 Å². The third-order valence-corrected chi connectivity index (χ3v) is 2.27. The summed E-state index contributed by atoms with van der Waals surface area (Å²) in [6, 6.07) is 0. The van der Waals surface area contributed by atoms with Gasteiger partial charge in [0.15, 0.2) is 0 Å². The van der Waals surface area contributed by atoms with E-state index in [9.17, 15) is 15.3 Å². The zero-order valence-electron chi connectivity index (χ0n) is 8.09. The molecule has 5 heteroatoms. The van der Waals surface area contributed by atoms with Crippen LogP contribution in [-0.2, 0) is 9.47 Å². The lowest BCUT2D eigenvalue weighted by atomic mass is 9.98. The van der Waals surface area contributed by atoms with E-state index in [1.807, 2.05) is 0 Å². The van der Waals surface area contributed by atoms with E-state index < -0.39 is 24.1 Å². The van der Waals surface area contributed by atoms with E-state index >= 15 is 0 Å². The molecule has 4 atom stereocenters. The lowest BCUT2D eigenvalue weighted by molar-refractivity contribution is -0.329. The Morgan fingerprint density at radius 3 is 2.86 bits per heavy atom. The van der Waals surface area contributed by atoms with Crippen LogP contribution in [0.3, 0.4) is 0 Å². The van der Waals surface area contributed by atoms with Crippen LogP contribution in [0.1, 0.15) is 6.92 Å². The Labute approximate surface area is 82.6 Å². The van der Waals surface area contributed by atoms with Crippen molar-refractivity contribution in [2.24, 2.45) is 0 Å². The summed E-state index contributed by atoms with van der Waals surface area (Å²) in [6.45, 7) is 4.94. The SMILES string of the molecule is C=CCOC1(O)COC(C)C(O)C1O. The van der Waals surface area contributed by atoms with Gasteiger partial charge in [0.1, 0.15) is 18.8 Å². The van der Waals surface area contributed by atoms with Crippen molar-refractivity contribution in [2.75, 3.05) is 13.2 Å². The van der Waals surface area contributed by atoms with E-state index in [0.29, 0.717) is 0 Å². The molecule has 1 heterocycles. The second-order valence-electron chi connectivity index (χ2n) is 3.40. The molecule has 0 aromatic rings. The molecule has 1 fully saturated rings. The third-order valence-electron chi connectivity index (χ3n) is 2.27. The summed E-state index contributed by atoms with van der Waals surface area (Å²) in [5.41, 5.74) is 0. The van der Waals surface area contributed by atoms with Crippen LogP contribution < -0.4 is 0 Å². The van der Waals surface area contributed by atoms with Crippen molar-refractivity contribution < 1.29 is 24.8 Å². The molecule has 82 valence electrons. The number of ether oxygens (including phenoxy) is 2. The molecule has 4 unspecified atom stereocenters. The highest BCUT2D eigenvalue weighted by Crippen LogP contribution is 2.25. The van der Waals surface area contributed by atoms with E-state index in [4.69, 9.17) is 9.47 Å². The molecule has 0 aromatic heterocycles. The van der Waals surface area contributed by atoms with Crippen LogP contribution in [-0.4, -0.2) is 52.6 Å². The molecule has 0 amide bonds. The maximum atomic E-state index is 9.75. The molecule has 0 aliphatic carbocycles. The van der Waals surface area contributed by atoms with E-state index in [0.717, 1.165) is 0 Å². The largest absolute Gasteiger partial charge is 0.387 e. The topological polar surface area (TPSA) is 79.2 Å². The summed E-state index contributed by atoms with van der Waals surface area (Å²) < 4.78 is 10.0. The molecule has 1 saturated heterocycles. The van der Waals surface area contributed by atoms with Crippen LogP contribution in [0.25, 0.3) is 0 Å². The van der Waals surface area contributed by atoms with Gasteiger partial charge in [-0.3, -0.25) is 0 Å². The second kappa shape index (κ2) is 4.37. The average Bonchev–Trinajstić information content (AvgIpc) is 2.19. The van der Waals surface area contributed by atoms with E-state index in [1.165, 1.54) is 6.08 Å². The van der Waals surface area contributed by atoms with Crippen molar-refractivity contribution in [1.82, 2.24) is 0 Å². The summed E-state index contributed by atoms with van der Waals surface area (Å²) >= 11 is 0. The number of hydrogen-bond acceptors (Lipinski definition) is 5. The van der Waals surface area contributed by atoms with Crippen LogP contribution in [0.4, 0.5) is 0 Å². The van der Waals surface area contributed by atoms with Crippen molar-refractivity contribution in [3.05, 3.63) is 12.7 Å². The summed E-state index contributed by atoms with van der Waals surface area (Å²) in [5.74, 6) is -1.85. The monoisotopic (exact) mass is 204 g/mol. The quantitative estimate of drug-likeness (QED) is 0.406. The molecule has 5 nitrogen and oxygen atoms in total. The van der Waals surface area contributed by atoms with Crippen LogP contribution in [0.5, 0.6) is 0 Å². The summed E-state index contributed by atoms with van der Waals surface area (Å²) in [7, 11) is 0. The van der Waals surface area contributed by atoms with Crippen molar-refractivity contribution in [1.29, 1.82) is 0 Å². The minimum Gasteiger partial charge on any atom is -0.387 e. The zero-order chi connectivity index (χ0) is 10.8. The highest BCUT2D eigenvalue weighted by molar-refractivity contribution is 4.91.